The highest BCUT2D eigenvalue weighted by Gasteiger charge is 2.71. The largest absolute Gasteiger partial charge is 0.522 e. The average Bonchev–Trinajstić information content (AvgIpc) is 3.79. The van der Waals surface area contributed by atoms with Crippen molar-refractivity contribution in [3.63, 3.8) is 0 Å². The van der Waals surface area contributed by atoms with Crippen molar-refractivity contribution in [1.82, 2.24) is 0 Å². The van der Waals surface area contributed by atoms with Crippen LogP contribution in [0.4, 0.5) is 22.7 Å². The average molecular weight is 805 g/mol. The summed E-state index contributed by atoms with van der Waals surface area (Å²) in [4.78, 5) is 0. The van der Waals surface area contributed by atoms with E-state index in [1.165, 1.54) is 22.3 Å². The fourth-order valence-corrected chi connectivity index (χ4v) is 14.4. The number of benzene rings is 8. The summed E-state index contributed by atoms with van der Waals surface area (Å²) in [5, 5.41) is 0. The first-order chi connectivity index (χ1) is 29.9. The molecule has 0 aromatic heterocycles. The van der Waals surface area contributed by atoms with Gasteiger partial charge in [0, 0.05) is 22.7 Å². The van der Waals surface area contributed by atoms with E-state index in [1.807, 2.05) is 0 Å². The second kappa shape index (κ2) is 15.7. The van der Waals surface area contributed by atoms with Crippen LogP contribution in [0.15, 0.2) is 218 Å². The maximum absolute atomic E-state index is 3.82. The number of anilines is 4. The fourth-order valence-electron chi connectivity index (χ4n) is 9.06. The number of hydrogen-bond acceptors (Lipinski definition) is 4. The predicted octanol–water partition coefficient (Wildman–Crippen LogP) is 13.8. The molecular weight excluding hydrogens is 757 g/mol. The molecule has 5 heteroatoms. The SMILES string of the molecule is Cc1ccc(N2C(c3ccccc3)=C(c3ccccc3)N(c3ccc(C)cc3)[Si]23N(c2ccc(C)cc2)C(c2ccccc2)=C(c2ccccc2)N3c2ccc(C)cc2)cc1. The zero-order valence-electron chi connectivity index (χ0n) is 35.1. The lowest BCUT2D eigenvalue weighted by molar-refractivity contribution is 1.17. The van der Waals surface area contributed by atoms with Gasteiger partial charge in [0.25, 0.3) is 0 Å². The van der Waals surface area contributed by atoms with Gasteiger partial charge in [0.15, 0.2) is 0 Å². The third-order valence-electron chi connectivity index (χ3n) is 11.9. The lowest BCUT2D eigenvalue weighted by Gasteiger charge is -2.51. The van der Waals surface area contributed by atoms with Crippen molar-refractivity contribution in [2.75, 3.05) is 18.3 Å². The van der Waals surface area contributed by atoms with Crippen molar-refractivity contribution >= 4 is 54.3 Å². The van der Waals surface area contributed by atoms with Crippen molar-refractivity contribution in [2.45, 2.75) is 27.7 Å². The van der Waals surface area contributed by atoms with E-state index in [-0.39, 0.29) is 0 Å². The van der Waals surface area contributed by atoms with E-state index in [0.717, 1.165) is 67.8 Å². The molecule has 0 fully saturated rings. The molecule has 2 heterocycles. The van der Waals surface area contributed by atoms with Crippen LogP contribution >= 0.6 is 0 Å². The molecule has 0 atom stereocenters. The Morgan fingerprint density at radius 2 is 0.410 bits per heavy atom. The van der Waals surface area contributed by atoms with E-state index in [2.05, 4.69) is 264 Å². The highest BCUT2D eigenvalue weighted by atomic mass is 28.4. The van der Waals surface area contributed by atoms with Crippen LogP contribution in [0.2, 0.25) is 0 Å². The minimum absolute atomic E-state index is 1.12. The molecule has 296 valence electrons. The minimum Gasteiger partial charge on any atom is -0.313 e. The van der Waals surface area contributed by atoms with Crippen LogP contribution in [0.5, 0.6) is 0 Å². The van der Waals surface area contributed by atoms with E-state index in [0.29, 0.717) is 0 Å². The molecule has 61 heavy (non-hydrogen) atoms. The molecular formula is C56H48N4Si. The summed E-state index contributed by atoms with van der Waals surface area (Å²) in [6, 6.07) is 80.9. The number of rotatable bonds is 8. The third kappa shape index (κ3) is 6.46. The van der Waals surface area contributed by atoms with Crippen molar-refractivity contribution in [3.8, 4) is 0 Å². The van der Waals surface area contributed by atoms with Gasteiger partial charge in [0.1, 0.15) is 0 Å². The molecule has 0 saturated heterocycles. The van der Waals surface area contributed by atoms with Gasteiger partial charge in [0.2, 0.25) is 0 Å². The Morgan fingerprint density at radius 3 is 0.590 bits per heavy atom. The normalized spacial score (nSPS) is 14.8. The summed E-state index contributed by atoms with van der Waals surface area (Å²) < 4.78 is 11.0. The maximum atomic E-state index is 2.75. The molecule has 10 rings (SSSR count). The summed E-state index contributed by atoms with van der Waals surface area (Å²) in [5.74, 6) is 0. The molecule has 0 bridgehead atoms. The van der Waals surface area contributed by atoms with Gasteiger partial charge >= 0.3 is 8.72 Å². The highest BCUT2D eigenvalue weighted by molar-refractivity contribution is 7.01. The molecule has 1 spiro atoms. The lowest BCUT2D eigenvalue weighted by atomic mass is 10.0. The Balaban J connectivity index is 1.48. The summed E-state index contributed by atoms with van der Waals surface area (Å²) in [6.07, 6.45) is 0. The van der Waals surface area contributed by atoms with Gasteiger partial charge in [-0.3, -0.25) is 0 Å². The maximum Gasteiger partial charge on any atom is 0.522 e. The highest BCUT2D eigenvalue weighted by Crippen LogP contribution is 2.60. The van der Waals surface area contributed by atoms with Gasteiger partial charge in [-0.05, 0) is 98.5 Å². The first-order valence-electron chi connectivity index (χ1n) is 21.1. The van der Waals surface area contributed by atoms with E-state index >= 15 is 0 Å². The fraction of sp³-hybridized carbons (Fsp3) is 0.0714. The first kappa shape index (κ1) is 37.9. The van der Waals surface area contributed by atoms with Crippen LogP contribution in [0.1, 0.15) is 44.5 Å². The van der Waals surface area contributed by atoms with Crippen molar-refractivity contribution < 1.29 is 0 Å². The Bertz CT molecular complexity index is 2450. The summed E-state index contributed by atoms with van der Waals surface area (Å²) in [7, 11) is -3.82. The van der Waals surface area contributed by atoms with E-state index in [4.69, 9.17) is 0 Å². The van der Waals surface area contributed by atoms with Gasteiger partial charge in [-0.1, -0.05) is 192 Å². The second-order valence-electron chi connectivity index (χ2n) is 16.1. The van der Waals surface area contributed by atoms with Crippen LogP contribution < -0.4 is 18.3 Å². The standard InChI is InChI=1S/C56H48N4Si/c1-41-25-33-49(34-26-41)57-53(45-17-9-5-10-18-45)54(46-19-11-6-12-20-46)58(50-35-27-42(2)28-36-50)61(57)59(51-37-29-43(3)30-38-51)55(47-21-13-7-14-22-47)56(48-23-15-8-16-24-48)60(61)52-39-31-44(4)32-40-52/h5-40H,1-4H3. The third-order valence-corrected chi connectivity index (χ3v) is 16.2. The smallest absolute Gasteiger partial charge is 0.313 e. The van der Waals surface area contributed by atoms with Crippen LogP contribution in [0.3, 0.4) is 0 Å². The van der Waals surface area contributed by atoms with E-state index < -0.39 is 8.72 Å². The molecule has 0 saturated carbocycles. The van der Waals surface area contributed by atoms with Crippen LogP contribution in [-0.2, 0) is 0 Å². The summed E-state index contributed by atoms with van der Waals surface area (Å²) in [5.41, 5.74) is 18.5. The van der Waals surface area contributed by atoms with Crippen molar-refractivity contribution in [2.24, 2.45) is 0 Å². The molecule has 8 aromatic carbocycles. The Hall–Kier alpha value is -7.34. The summed E-state index contributed by atoms with van der Waals surface area (Å²) in [6.45, 7) is 8.72. The van der Waals surface area contributed by atoms with Gasteiger partial charge in [-0.2, -0.15) is 0 Å². The molecule has 8 aromatic rings. The van der Waals surface area contributed by atoms with Crippen molar-refractivity contribution in [1.29, 1.82) is 0 Å². The zero-order valence-corrected chi connectivity index (χ0v) is 36.1. The molecule has 0 radical (unpaired) electrons. The molecule has 0 amide bonds. The van der Waals surface area contributed by atoms with Gasteiger partial charge in [-0.25, -0.2) is 0 Å². The molecule has 0 aliphatic carbocycles. The Labute approximate surface area is 361 Å². The Morgan fingerprint density at radius 1 is 0.230 bits per heavy atom. The van der Waals surface area contributed by atoms with Crippen LogP contribution in [0.25, 0.3) is 22.8 Å². The lowest BCUT2D eigenvalue weighted by Crippen LogP contribution is -2.78. The Kier molecular flexibility index (Phi) is 9.74. The quantitative estimate of drug-likeness (QED) is 0.142. The topological polar surface area (TPSA) is 13.0 Å². The number of hydrogen-bond donors (Lipinski definition) is 0. The molecule has 0 N–H and O–H groups in total. The molecule has 2 aliphatic rings. The summed E-state index contributed by atoms with van der Waals surface area (Å²) >= 11 is 0. The zero-order chi connectivity index (χ0) is 41.5. The van der Waals surface area contributed by atoms with Crippen molar-refractivity contribution in [3.05, 3.63) is 263 Å². The van der Waals surface area contributed by atoms with E-state index in [1.54, 1.807) is 0 Å². The van der Waals surface area contributed by atoms with Gasteiger partial charge < -0.3 is 18.3 Å². The van der Waals surface area contributed by atoms with Gasteiger partial charge in [0.05, 0.1) is 22.8 Å². The van der Waals surface area contributed by atoms with Gasteiger partial charge in [-0.15, -0.1) is 0 Å². The first-order valence-corrected chi connectivity index (χ1v) is 22.9. The van der Waals surface area contributed by atoms with Crippen LogP contribution in [-0.4, -0.2) is 8.72 Å². The minimum atomic E-state index is -3.82. The monoisotopic (exact) mass is 804 g/mol. The van der Waals surface area contributed by atoms with E-state index in [9.17, 15) is 0 Å². The number of nitrogens with zero attached hydrogens (tertiary/aromatic N) is 4. The van der Waals surface area contributed by atoms with Crippen LogP contribution in [0, 0.1) is 27.7 Å². The predicted molar refractivity (Wildman–Crippen MR) is 260 cm³/mol. The number of aryl methyl sites for hydroxylation is 4. The molecule has 2 aliphatic heterocycles. The molecule has 4 nitrogen and oxygen atoms in total. The second-order valence-corrected chi connectivity index (χ2v) is 19.1. The molecule has 0 unspecified atom stereocenters.